The van der Waals surface area contributed by atoms with E-state index in [9.17, 15) is 13.2 Å². The maximum absolute atomic E-state index is 12.6. The van der Waals surface area contributed by atoms with Crippen molar-refractivity contribution in [3.8, 4) is 0 Å². The van der Waals surface area contributed by atoms with E-state index in [0.717, 1.165) is 14.9 Å². The molecule has 2 rings (SSSR count). The fourth-order valence-corrected chi connectivity index (χ4v) is 4.13. The Bertz CT molecular complexity index is 778. The second-order valence-corrected chi connectivity index (χ2v) is 7.37. The topological polar surface area (TPSA) is 116 Å². The van der Waals surface area contributed by atoms with Crippen molar-refractivity contribution in [1.82, 2.24) is 19.5 Å². The standard InChI is InChI=1S/C11H14N4O4S2/c1-6-8(20-5-12-6)4-15(3)21(18,19)10-7(2)13-14-9(10)11(16)17/h5H,4H2,1-3H3,(H,13,14)(H,16,17). The fourth-order valence-electron chi connectivity index (χ4n) is 1.80. The number of carboxylic acids is 1. The van der Waals surface area contributed by atoms with E-state index in [1.165, 1.54) is 25.3 Å². The maximum atomic E-state index is 12.6. The van der Waals surface area contributed by atoms with Crippen molar-refractivity contribution in [3.05, 3.63) is 27.5 Å². The first-order chi connectivity index (χ1) is 9.75. The number of aromatic carboxylic acids is 1. The largest absolute Gasteiger partial charge is 0.476 e. The Labute approximate surface area is 125 Å². The summed E-state index contributed by atoms with van der Waals surface area (Å²) in [7, 11) is -2.56. The average molecular weight is 330 g/mol. The van der Waals surface area contributed by atoms with Crippen LogP contribution in [0.1, 0.15) is 26.8 Å². The maximum Gasteiger partial charge on any atom is 0.357 e. The van der Waals surface area contributed by atoms with Gasteiger partial charge in [-0.2, -0.15) is 9.40 Å². The summed E-state index contributed by atoms with van der Waals surface area (Å²) in [5, 5.41) is 15.0. The number of rotatable bonds is 5. The number of aryl methyl sites for hydroxylation is 2. The van der Waals surface area contributed by atoms with Crippen LogP contribution in [0.4, 0.5) is 0 Å². The van der Waals surface area contributed by atoms with Gasteiger partial charge in [-0.05, 0) is 13.8 Å². The molecule has 0 amide bonds. The quantitative estimate of drug-likeness (QED) is 0.845. The van der Waals surface area contributed by atoms with Crippen LogP contribution in [-0.2, 0) is 16.6 Å². The van der Waals surface area contributed by atoms with E-state index in [4.69, 9.17) is 5.11 Å². The molecular weight excluding hydrogens is 316 g/mol. The molecule has 114 valence electrons. The van der Waals surface area contributed by atoms with Crippen LogP contribution in [0.2, 0.25) is 0 Å². The third-order valence-electron chi connectivity index (χ3n) is 2.97. The first-order valence-corrected chi connectivity index (χ1v) is 8.20. The van der Waals surface area contributed by atoms with E-state index in [0.29, 0.717) is 0 Å². The third-order valence-corrected chi connectivity index (χ3v) is 5.86. The Kier molecular flexibility index (Phi) is 4.12. The summed E-state index contributed by atoms with van der Waals surface area (Å²) < 4.78 is 26.2. The molecule has 2 aromatic rings. The summed E-state index contributed by atoms with van der Waals surface area (Å²) in [6.45, 7) is 3.39. The molecule has 0 aliphatic carbocycles. The van der Waals surface area contributed by atoms with Gasteiger partial charge < -0.3 is 5.11 Å². The molecule has 2 N–H and O–H groups in total. The van der Waals surface area contributed by atoms with Gasteiger partial charge >= 0.3 is 5.97 Å². The average Bonchev–Trinajstić information content (AvgIpc) is 2.96. The number of nitrogens with one attached hydrogen (secondary N) is 1. The molecule has 0 radical (unpaired) electrons. The van der Waals surface area contributed by atoms with E-state index >= 15 is 0 Å². The highest BCUT2D eigenvalue weighted by molar-refractivity contribution is 7.89. The van der Waals surface area contributed by atoms with Gasteiger partial charge in [0.25, 0.3) is 0 Å². The highest BCUT2D eigenvalue weighted by Gasteiger charge is 2.32. The number of sulfonamides is 1. The van der Waals surface area contributed by atoms with E-state index < -0.39 is 21.7 Å². The van der Waals surface area contributed by atoms with Gasteiger partial charge in [-0.25, -0.2) is 18.2 Å². The van der Waals surface area contributed by atoms with E-state index in [1.54, 1.807) is 12.4 Å². The number of H-pyrrole nitrogens is 1. The van der Waals surface area contributed by atoms with Crippen molar-refractivity contribution in [3.63, 3.8) is 0 Å². The number of hydrogen-bond acceptors (Lipinski definition) is 6. The number of nitrogens with zero attached hydrogens (tertiary/aromatic N) is 3. The Morgan fingerprint density at radius 2 is 2.14 bits per heavy atom. The molecule has 0 spiro atoms. The monoisotopic (exact) mass is 330 g/mol. The lowest BCUT2D eigenvalue weighted by atomic mass is 10.4. The second-order valence-electron chi connectivity index (χ2n) is 4.45. The molecule has 2 aromatic heterocycles. The molecule has 0 aliphatic rings. The van der Waals surface area contributed by atoms with Crippen LogP contribution in [0.25, 0.3) is 0 Å². The predicted octanol–water partition coefficient (Wildman–Crippen LogP) is 1.00. The van der Waals surface area contributed by atoms with Crippen molar-refractivity contribution in [2.45, 2.75) is 25.3 Å². The van der Waals surface area contributed by atoms with Crippen LogP contribution in [0, 0.1) is 13.8 Å². The number of carbonyl (C=O) groups is 1. The number of aromatic amines is 1. The first kappa shape index (κ1) is 15.6. The molecule has 10 heteroatoms. The van der Waals surface area contributed by atoms with Crippen LogP contribution in [-0.4, -0.2) is 46.0 Å². The highest BCUT2D eigenvalue weighted by atomic mass is 32.2. The minimum atomic E-state index is -3.96. The van der Waals surface area contributed by atoms with E-state index in [-0.39, 0.29) is 17.1 Å². The number of hydrogen-bond donors (Lipinski definition) is 2. The normalized spacial score (nSPS) is 12.0. The smallest absolute Gasteiger partial charge is 0.357 e. The van der Waals surface area contributed by atoms with Gasteiger partial charge in [-0.3, -0.25) is 5.10 Å². The van der Waals surface area contributed by atoms with Crippen molar-refractivity contribution in [2.24, 2.45) is 0 Å². The zero-order valence-corrected chi connectivity index (χ0v) is 13.2. The fraction of sp³-hybridized carbons (Fsp3) is 0.364. The summed E-state index contributed by atoms with van der Waals surface area (Å²) >= 11 is 1.35. The molecule has 21 heavy (non-hydrogen) atoms. The molecule has 0 bridgehead atoms. The van der Waals surface area contributed by atoms with Crippen LogP contribution in [0.15, 0.2) is 10.4 Å². The van der Waals surface area contributed by atoms with Gasteiger partial charge in [-0.15, -0.1) is 11.3 Å². The second kappa shape index (κ2) is 5.54. The molecule has 8 nitrogen and oxygen atoms in total. The van der Waals surface area contributed by atoms with Gasteiger partial charge in [0.1, 0.15) is 4.90 Å². The molecular formula is C11H14N4O4S2. The van der Waals surface area contributed by atoms with Gasteiger partial charge in [0, 0.05) is 18.5 Å². The number of thiazole rings is 1. The van der Waals surface area contributed by atoms with E-state index in [2.05, 4.69) is 15.2 Å². The lowest BCUT2D eigenvalue weighted by molar-refractivity contribution is 0.0686. The number of aromatic nitrogens is 3. The summed E-state index contributed by atoms with van der Waals surface area (Å²) in [5.41, 5.74) is 2.08. The highest BCUT2D eigenvalue weighted by Crippen LogP contribution is 2.24. The van der Waals surface area contributed by atoms with Crippen molar-refractivity contribution in [2.75, 3.05) is 7.05 Å². The van der Waals surface area contributed by atoms with Crippen LogP contribution < -0.4 is 0 Å². The van der Waals surface area contributed by atoms with Crippen molar-refractivity contribution < 1.29 is 18.3 Å². The third kappa shape index (κ3) is 2.82. The molecule has 0 saturated heterocycles. The molecule has 0 unspecified atom stereocenters. The van der Waals surface area contributed by atoms with Crippen LogP contribution >= 0.6 is 11.3 Å². The molecule has 0 saturated carbocycles. The molecule has 0 aliphatic heterocycles. The zero-order chi connectivity index (χ0) is 15.8. The zero-order valence-electron chi connectivity index (χ0n) is 11.6. The minimum Gasteiger partial charge on any atom is -0.476 e. The SMILES string of the molecule is Cc1ncsc1CN(C)S(=O)(=O)c1c(C(=O)O)n[nH]c1C. The molecule has 0 fully saturated rings. The van der Waals surface area contributed by atoms with Gasteiger partial charge in [0.2, 0.25) is 10.0 Å². The lowest BCUT2D eigenvalue weighted by Crippen LogP contribution is -2.28. The summed E-state index contributed by atoms with van der Waals surface area (Å²) in [6, 6.07) is 0. The molecule has 0 aromatic carbocycles. The summed E-state index contributed by atoms with van der Waals surface area (Å²) in [5.74, 6) is -1.39. The summed E-state index contributed by atoms with van der Waals surface area (Å²) in [4.78, 5) is 15.7. The molecule has 2 heterocycles. The Morgan fingerprint density at radius 3 is 2.67 bits per heavy atom. The number of carboxylic acid groups (broad SMARTS) is 1. The van der Waals surface area contributed by atoms with Gasteiger partial charge in [0.15, 0.2) is 5.69 Å². The lowest BCUT2D eigenvalue weighted by Gasteiger charge is -2.16. The van der Waals surface area contributed by atoms with E-state index in [1.807, 2.05) is 0 Å². The van der Waals surface area contributed by atoms with Crippen molar-refractivity contribution in [1.29, 1.82) is 0 Å². The predicted molar refractivity (Wildman–Crippen MR) is 75.8 cm³/mol. The Hall–Kier alpha value is -1.78. The van der Waals surface area contributed by atoms with Crippen molar-refractivity contribution >= 4 is 27.3 Å². The molecule has 0 atom stereocenters. The first-order valence-electron chi connectivity index (χ1n) is 5.88. The van der Waals surface area contributed by atoms with Gasteiger partial charge in [-0.1, -0.05) is 0 Å². The Balaban J connectivity index is 2.40. The minimum absolute atomic E-state index is 0.127. The van der Waals surface area contributed by atoms with Gasteiger partial charge in [0.05, 0.1) is 16.9 Å². The summed E-state index contributed by atoms with van der Waals surface area (Å²) in [6.07, 6.45) is 0. The Morgan fingerprint density at radius 1 is 1.48 bits per heavy atom. The van der Waals surface area contributed by atoms with Crippen LogP contribution in [0.3, 0.4) is 0 Å². The van der Waals surface area contributed by atoms with Crippen LogP contribution in [0.5, 0.6) is 0 Å².